The fraction of sp³-hybridized carbons (Fsp3) is 0.368. The zero-order chi connectivity index (χ0) is 16.9. The SMILES string of the molecule is CN(C[C@@H]1Cc2ccccc2CN1C)C(=O)CSc1ccccn1. The van der Waals surface area contributed by atoms with E-state index in [2.05, 4.69) is 41.2 Å². The second-order valence-electron chi connectivity index (χ2n) is 6.27. The number of aromatic nitrogens is 1. The molecule has 0 spiro atoms. The lowest BCUT2D eigenvalue weighted by atomic mass is 9.94. The van der Waals surface area contributed by atoms with Crippen LogP contribution in [0, 0.1) is 0 Å². The van der Waals surface area contributed by atoms with Crippen molar-refractivity contribution in [3.8, 4) is 0 Å². The topological polar surface area (TPSA) is 36.4 Å². The van der Waals surface area contributed by atoms with Crippen molar-refractivity contribution in [2.45, 2.75) is 24.0 Å². The third kappa shape index (κ3) is 4.16. The molecular formula is C19H23N3OS. The Hall–Kier alpha value is -1.85. The maximum Gasteiger partial charge on any atom is 0.232 e. The highest BCUT2D eigenvalue weighted by Gasteiger charge is 2.25. The van der Waals surface area contributed by atoms with E-state index in [1.165, 1.54) is 22.9 Å². The summed E-state index contributed by atoms with van der Waals surface area (Å²) in [5, 5.41) is 0.892. The second-order valence-corrected chi connectivity index (χ2v) is 7.27. The molecule has 5 heteroatoms. The summed E-state index contributed by atoms with van der Waals surface area (Å²) >= 11 is 1.49. The van der Waals surface area contributed by atoms with Gasteiger partial charge in [-0.3, -0.25) is 9.69 Å². The summed E-state index contributed by atoms with van der Waals surface area (Å²) in [6.45, 7) is 1.71. The van der Waals surface area contributed by atoms with Crippen LogP contribution < -0.4 is 0 Å². The van der Waals surface area contributed by atoms with Crippen LogP contribution >= 0.6 is 11.8 Å². The van der Waals surface area contributed by atoms with E-state index >= 15 is 0 Å². The maximum absolute atomic E-state index is 12.4. The lowest BCUT2D eigenvalue weighted by Crippen LogP contribution is -2.46. The molecular weight excluding hydrogens is 318 g/mol. The lowest BCUT2D eigenvalue weighted by Gasteiger charge is -2.36. The number of nitrogens with zero attached hydrogens (tertiary/aromatic N) is 3. The summed E-state index contributed by atoms with van der Waals surface area (Å²) in [7, 11) is 4.04. The van der Waals surface area contributed by atoms with Crippen molar-refractivity contribution in [2.24, 2.45) is 0 Å². The summed E-state index contributed by atoms with van der Waals surface area (Å²) in [6.07, 6.45) is 2.75. The fourth-order valence-corrected chi connectivity index (χ4v) is 3.82. The number of hydrogen-bond donors (Lipinski definition) is 0. The molecule has 0 fully saturated rings. The number of thioether (sulfide) groups is 1. The lowest BCUT2D eigenvalue weighted by molar-refractivity contribution is -0.127. The quantitative estimate of drug-likeness (QED) is 0.784. The average Bonchev–Trinajstić information content (AvgIpc) is 2.61. The van der Waals surface area contributed by atoms with Gasteiger partial charge >= 0.3 is 0 Å². The smallest absolute Gasteiger partial charge is 0.232 e. The van der Waals surface area contributed by atoms with E-state index in [-0.39, 0.29) is 5.91 Å². The molecule has 0 aliphatic carbocycles. The molecule has 0 radical (unpaired) electrons. The maximum atomic E-state index is 12.4. The largest absolute Gasteiger partial charge is 0.343 e. The molecule has 1 aromatic carbocycles. The molecule has 1 aliphatic heterocycles. The molecule has 1 amide bonds. The molecule has 0 unspecified atom stereocenters. The van der Waals surface area contributed by atoms with Crippen molar-refractivity contribution in [3.63, 3.8) is 0 Å². The Morgan fingerprint density at radius 2 is 2.00 bits per heavy atom. The van der Waals surface area contributed by atoms with Crippen LogP contribution in [0.5, 0.6) is 0 Å². The highest BCUT2D eigenvalue weighted by molar-refractivity contribution is 7.99. The number of benzene rings is 1. The Morgan fingerprint density at radius 1 is 1.25 bits per heavy atom. The number of carbonyl (C=O) groups is 1. The van der Waals surface area contributed by atoms with Gasteiger partial charge in [-0.2, -0.15) is 0 Å². The van der Waals surface area contributed by atoms with Gasteiger partial charge in [0.1, 0.15) is 0 Å². The van der Waals surface area contributed by atoms with Gasteiger partial charge in [-0.15, -0.1) is 0 Å². The molecule has 1 atom stereocenters. The van der Waals surface area contributed by atoms with Crippen molar-refractivity contribution >= 4 is 17.7 Å². The molecule has 2 aromatic rings. The van der Waals surface area contributed by atoms with E-state index in [9.17, 15) is 4.79 Å². The number of carbonyl (C=O) groups excluding carboxylic acids is 1. The Balaban J connectivity index is 1.54. The minimum absolute atomic E-state index is 0.151. The van der Waals surface area contributed by atoms with Gasteiger partial charge in [0.25, 0.3) is 0 Å². The van der Waals surface area contributed by atoms with Crippen LogP contribution in [0.2, 0.25) is 0 Å². The third-order valence-corrected chi connectivity index (χ3v) is 5.44. The average molecular weight is 341 g/mol. The van der Waals surface area contributed by atoms with Crippen molar-refractivity contribution in [2.75, 3.05) is 26.4 Å². The first-order valence-electron chi connectivity index (χ1n) is 8.18. The molecule has 1 aliphatic rings. The molecule has 1 aromatic heterocycles. The number of pyridine rings is 1. The number of fused-ring (bicyclic) bond motifs is 1. The van der Waals surface area contributed by atoms with Gasteiger partial charge in [0.15, 0.2) is 0 Å². The molecule has 24 heavy (non-hydrogen) atoms. The van der Waals surface area contributed by atoms with Gasteiger partial charge in [0.05, 0.1) is 10.8 Å². The molecule has 0 saturated heterocycles. The Labute approximate surface area is 147 Å². The first-order valence-corrected chi connectivity index (χ1v) is 9.17. The van der Waals surface area contributed by atoms with Crippen LogP contribution in [-0.2, 0) is 17.8 Å². The van der Waals surface area contributed by atoms with Crippen LogP contribution in [0.4, 0.5) is 0 Å². The highest BCUT2D eigenvalue weighted by Crippen LogP contribution is 2.22. The summed E-state index contributed by atoms with van der Waals surface area (Å²) in [4.78, 5) is 20.8. The first-order chi connectivity index (χ1) is 11.6. The second kappa shape index (κ2) is 7.81. The van der Waals surface area contributed by atoms with Crippen LogP contribution in [0.3, 0.4) is 0 Å². The molecule has 0 saturated carbocycles. The minimum atomic E-state index is 0.151. The molecule has 3 rings (SSSR count). The zero-order valence-electron chi connectivity index (χ0n) is 14.2. The van der Waals surface area contributed by atoms with Crippen LogP contribution in [0.15, 0.2) is 53.7 Å². The van der Waals surface area contributed by atoms with E-state index in [0.717, 1.165) is 24.5 Å². The van der Waals surface area contributed by atoms with E-state index < -0.39 is 0 Å². The normalized spacial score (nSPS) is 17.3. The van der Waals surface area contributed by atoms with Crippen molar-refractivity contribution in [1.29, 1.82) is 0 Å². The van der Waals surface area contributed by atoms with E-state index in [1.807, 2.05) is 30.1 Å². The molecule has 0 bridgehead atoms. The Kier molecular flexibility index (Phi) is 5.53. The summed E-state index contributed by atoms with van der Waals surface area (Å²) in [5.41, 5.74) is 2.81. The van der Waals surface area contributed by atoms with Crippen molar-refractivity contribution in [3.05, 3.63) is 59.8 Å². The zero-order valence-corrected chi connectivity index (χ0v) is 15.0. The monoisotopic (exact) mass is 341 g/mol. The molecule has 4 nitrogen and oxygen atoms in total. The van der Waals surface area contributed by atoms with Crippen LogP contribution in [-0.4, -0.2) is 53.1 Å². The molecule has 0 N–H and O–H groups in total. The Bertz CT molecular complexity index is 692. The van der Waals surface area contributed by atoms with Gasteiger partial charge in [-0.25, -0.2) is 4.98 Å². The summed E-state index contributed by atoms with van der Waals surface area (Å²) in [6, 6.07) is 14.7. The molecule has 2 heterocycles. The fourth-order valence-electron chi connectivity index (χ4n) is 3.02. The van der Waals surface area contributed by atoms with Gasteiger partial charge in [0, 0.05) is 32.4 Å². The number of hydrogen-bond acceptors (Lipinski definition) is 4. The van der Waals surface area contributed by atoms with E-state index in [4.69, 9.17) is 0 Å². The van der Waals surface area contributed by atoms with Crippen molar-refractivity contribution in [1.82, 2.24) is 14.8 Å². The predicted octanol–water partition coefficient (Wildman–Crippen LogP) is 2.69. The van der Waals surface area contributed by atoms with Crippen molar-refractivity contribution < 1.29 is 4.79 Å². The van der Waals surface area contributed by atoms with Crippen LogP contribution in [0.25, 0.3) is 0 Å². The summed E-state index contributed by atoms with van der Waals surface area (Å²) in [5.74, 6) is 0.582. The van der Waals surface area contributed by atoms with Gasteiger partial charge < -0.3 is 4.90 Å². The predicted molar refractivity (Wildman–Crippen MR) is 98.0 cm³/mol. The number of rotatable bonds is 5. The molecule has 126 valence electrons. The number of likely N-dealkylation sites (N-methyl/N-ethyl adjacent to an activating group) is 2. The van der Waals surface area contributed by atoms with E-state index in [0.29, 0.717) is 11.8 Å². The standard InChI is InChI=1S/C19H23N3OS/c1-21-12-16-8-4-3-7-15(16)11-17(21)13-22(2)19(23)14-24-18-9-5-6-10-20-18/h3-10,17H,11-14H2,1-2H3/t17-/m0/s1. The Morgan fingerprint density at radius 3 is 2.75 bits per heavy atom. The minimum Gasteiger partial charge on any atom is -0.343 e. The number of amides is 1. The summed E-state index contributed by atoms with van der Waals surface area (Å²) < 4.78 is 0. The van der Waals surface area contributed by atoms with Gasteiger partial charge in [0.2, 0.25) is 5.91 Å². The highest BCUT2D eigenvalue weighted by atomic mass is 32.2. The first kappa shape index (κ1) is 17.0. The third-order valence-electron chi connectivity index (χ3n) is 4.51. The van der Waals surface area contributed by atoms with Crippen LogP contribution in [0.1, 0.15) is 11.1 Å². The van der Waals surface area contributed by atoms with Gasteiger partial charge in [-0.05, 0) is 36.7 Å². The van der Waals surface area contributed by atoms with Gasteiger partial charge in [-0.1, -0.05) is 42.1 Å². The van der Waals surface area contributed by atoms with E-state index in [1.54, 1.807) is 6.20 Å².